The van der Waals surface area contributed by atoms with Crippen LogP contribution in [0.3, 0.4) is 0 Å². The lowest BCUT2D eigenvalue weighted by Crippen LogP contribution is -2.49. The van der Waals surface area contributed by atoms with E-state index in [1.807, 2.05) is 4.90 Å². The number of methoxy groups -OCH3 is 1. The maximum Gasteiger partial charge on any atom is 0.222 e. The molecule has 3 rings (SSSR count). The van der Waals surface area contributed by atoms with Gasteiger partial charge in [-0.25, -0.2) is 0 Å². The second-order valence-electron chi connectivity index (χ2n) is 7.29. The number of amides is 1. The van der Waals surface area contributed by atoms with Gasteiger partial charge in [-0.3, -0.25) is 14.5 Å². The van der Waals surface area contributed by atoms with Crippen LogP contribution in [0.15, 0.2) is 48.5 Å². The summed E-state index contributed by atoms with van der Waals surface area (Å²) in [6, 6.07) is 15.5. The number of nitrogens with zero attached hydrogens (tertiary/aromatic N) is 2. The van der Waals surface area contributed by atoms with Crippen molar-refractivity contribution in [3.05, 3.63) is 65.2 Å². The summed E-state index contributed by atoms with van der Waals surface area (Å²) >= 11 is 0. The van der Waals surface area contributed by atoms with E-state index in [0.29, 0.717) is 31.6 Å². The Morgan fingerprint density at radius 3 is 2.18 bits per heavy atom. The normalized spacial score (nSPS) is 14.7. The van der Waals surface area contributed by atoms with E-state index in [0.717, 1.165) is 25.3 Å². The molecule has 0 bridgehead atoms. The third-order valence-electron chi connectivity index (χ3n) is 5.25. The minimum Gasteiger partial charge on any atom is -0.497 e. The molecular formula is C23H28N2O3. The number of hydrogen-bond acceptors (Lipinski definition) is 4. The smallest absolute Gasteiger partial charge is 0.222 e. The van der Waals surface area contributed by atoms with E-state index in [2.05, 4.69) is 36.1 Å². The summed E-state index contributed by atoms with van der Waals surface area (Å²) in [5.41, 5.74) is 3.12. The van der Waals surface area contributed by atoms with Crippen LogP contribution < -0.4 is 4.74 Å². The molecule has 1 saturated heterocycles. The first-order valence-corrected chi connectivity index (χ1v) is 9.78. The molecule has 1 amide bonds. The standard InChI is InChI=1S/C23H28N2O3/c1-18-3-5-19(6-4-18)7-12-23(27)25-15-13-24(14-16-25)17-22(26)20-8-10-21(28-2)11-9-20/h3-6,8-11H,7,12-17H2,1-2H3. The Morgan fingerprint density at radius 1 is 0.929 bits per heavy atom. The molecule has 28 heavy (non-hydrogen) atoms. The summed E-state index contributed by atoms with van der Waals surface area (Å²) in [7, 11) is 1.61. The molecule has 2 aromatic rings. The highest BCUT2D eigenvalue weighted by Crippen LogP contribution is 2.13. The van der Waals surface area contributed by atoms with Gasteiger partial charge in [-0.2, -0.15) is 0 Å². The highest BCUT2D eigenvalue weighted by molar-refractivity contribution is 5.97. The molecule has 1 fully saturated rings. The summed E-state index contributed by atoms with van der Waals surface area (Å²) in [4.78, 5) is 29.0. The number of hydrogen-bond donors (Lipinski definition) is 0. The number of ether oxygens (including phenoxy) is 1. The van der Waals surface area contributed by atoms with E-state index in [1.54, 1.807) is 31.4 Å². The molecule has 1 aliphatic heterocycles. The molecule has 1 heterocycles. The third kappa shape index (κ3) is 5.42. The van der Waals surface area contributed by atoms with E-state index >= 15 is 0 Å². The van der Waals surface area contributed by atoms with Crippen LogP contribution >= 0.6 is 0 Å². The Kier molecular flexibility index (Phi) is 6.82. The van der Waals surface area contributed by atoms with E-state index < -0.39 is 0 Å². The molecule has 0 spiro atoms. The number of carbonyl (C=O) groups is 2. The van der Waals surface area contributed by atoms with E-state index in [-0.39, 0.29) is 11.7 Å². The van der Waals surface area contributed by atoms with Gasteiger partial charge in [-0.05, 0) is 43.2 Å². The van der Waals surface area contributed by atoms with Crippen molar-refractivity contribution in [2.75, 3.05) is 39.8 Å². The minimum atomic E-state index is 0.0989. The lowest BCUT2D eigenvalue weighted by atomic mass is 10.1. The fourth-order valence-corrected chi connectivity index (χ4v) is 3.39. The molecule has 0 N–H and O–H groups in total. The molecular weight excluding hydrogens is 352 g/mol. The molecule has 5 nitrogen and oxygen atoms in total. The Labute approximate surface area is 166 Å². The number of Topliss-reactive ketones (excluding diaryl/α,β-unsaturated/α-hetero) is 1. The van der Waals surface area contributed by atoms with E-state index in [9.17, 15) is 9.59 Å². The summed E-state index contributed by atoms with van der Waals surface area (Å²) in [5.74, 6) is 1.04. The van der Waals surface area contributed by atoms with Gasteiger partial charge in [-0.1, -0.05) is 29.8 Å². The van der Waals surface area contributed by atoms with Crippen LogP contribution in [0.25, 0.3) is 0 Å². The minimum absolute atomic E-state index is 0.0989. The number of piperazine rings is 1. The zero-order valence-electron chi connectivity index (χ0n) is 16.7. The maximum atomic E-state index is 12.5. The van der Waals surface area contributed by atoms with Gasteiger partial charge >= 0.3 is 0 Å². The third-order valence-corrected chi connectivity index (χ3v) is 5.25. The quantitative estimate of drug-likeness (QED) is 0.693. The number of ketones is 1. The van der Waals surface area contributed by atoms with Gasteiger partial charge in [0.2, 0.25) is 5.91 Å². The monoisotopic (exact) mass is 380 g/mol. The SMILES string of the molecule is COc1ccc(C(=O)CN2CCN(C(=O)CCc3ccc(C)cc3)CC2)cc1. The zero-order chi connectivity index (χ0) is 19.9. The average Bonchev–Trinajstić information content (AvgIpc) is 2.73. The van der Waals surface area contributed by atoms with Gasteiger partial charge in [0.1, 0.15) is 5.75 Å². The van der Waals surface area contributed by atoms with Crippen molar-refractivity contribution in [3.8, 4) is 5.75 Å². The Morgan fingerprint density at radius 2 is 1.57 bits per heavy atom. The Hall–Kier alpha value is -2.66. The van der Waals surface area contributed by atoms with Gasteiger partial charge in [0.05, 0.1) is 13.7 Å². The first kappa shape index (κ1) is 20.1. The van der Waals surface area contributed by atoms with E-state index in [4.69, 9.17) is 4.74 Å². The van der Waals surface area contributed by atoms with Gasteiger partial charge in [-0.15, -0.1) is 0 Å². The Balaban J connectivity index is 1.42. The fourth-order valence-electron chi connectivity index (χ4n) is 3.39. The summed E-state index contributed by atoms with van der Waals surface area (Å²) in [6.07, 6.45) is 1.31. The number of carbonyl (C=O) groups excluding carboxylic acids is 2. The number of aryl methyl sites for hydroxylation is 2. The predicted octanol–water partition coefficient (Wildman–Crippen LogP) is 2.96. The van der Waals surface area contributed by atoms with Gasteiger partial charge in [0.15, 0.2) is 5.78 Å². The van der Waals surface area contributed by atoms with Gasteiger partial charge in [0.25, 0.3) is 0 Å². The molecule has 0 saturated carbocycles. The van der Waals surface area contributed by atoms with Crippen LogP contribution in [-0.2, 0) is 11.2 Å². The average molecular weight is 380 g/mol. The number of benzene rings is 2. The molecule has 1 aliphatic rings. The van der Waals surface area contributed by atoms with Gasteiger partial charge in [0, 0.05) is 38.2 Å². The lowest BCUT2D eigenvalue weighted by Gasteiger charge is -2.34. The molecule has 0 aromatic heterocycles. The van der Waals surface area contributed by atoms with Crippen LogP contribution in [0.5, 0.6) is 5.75 Å². The van der Waals surface area contributed by atoms with Crippen molar-refractivity contribution in [1.29, 1.82) is 0 Å². The van der Waals surface area contributed by atoms with Crippen molar-refractivity contribution in [2.45, 2.75) is 19.8 Å². The molecule has 0 aliphatic carbocycles. The first-order chi connectivity index (χ1) is 13.5. The van der Waals surface area contributed by atoms with Crippen LogP contribution in [0.1, 0.15) is 27.9 Å². The predicted molar refractivity (Wildman–Crippen MR) is 110 cm³/mol. The van der Waals surface area contributed by atoms with Crippen molar-refractivity contribution >= 4 is 11.7 Å². The van der Waals surface area contributed by atoms with Gasteiger partial charge < -0.3 is 9.64 Å². The largest absolute Gasteiger partial charge is 0.497 e. The van der Waals surface area contributed by atoms with Crippen molar-refractivity contribution in [2.24, 2.45) is 0 Å². The van der Waals surface area contributed by atoms with E-state index in [1.165, 1.54) is 11.1 Å². The zero-order valence-corrected chi connectivity index (χ0v) is 16.7. The number of rotatable bonds is 7. The maximum absolute atomic E-state index is 12.5. The first-order valence-electron chi connectivity index (χ1n) is 9.78. The summed E-state index contributed by atoms with van der Waals surface area (Å²) in [6.45, 7) is 5.28. The van der Waals surface area contributed by atoms with Crippen molar-refractivity contribution < 1.29 is 14.3 Å². The summed E-state index contributed by atoms with van der Waals surface area (Å²) < 4.78 is 5.13. The van der Waals surface area contributed by atoms with Crippen LogP contribution in [0.2, 0.25) is 0 Å². The molecule has 5 heteroatoms. The second kappa shape index (κ2) is 9.51. The fraction of sp³-hybridized carbons (Fsp3) is 0.391. The van der Waals surface area contributed by atoms with Crippen molar-refractivity contribution in [1.82, 2.24) is 9.80 Å². The molecule has 148 valence electrons. The van der Waals surface area contributed by atoms with Crippen LogP contribution in [-0.4, -0.2) is 61.3 Å². The highest BCUT2D eigenvalue weighted by atomic mass is 16.5. The highest BCUT2D eigenvalue weighted by Gasteiger charge is 2.22. The second-order valence-corrected chi connectivity index (χ2v) is 7.29. The van der Waals surface area contributed by atoms with Crippen LogP contribution in [0, 0.1) is 6.92 Å². The molecule has 0 atom stereocenters. The topological polar surface area (TPSA) is 49.9 Å². The van der Waals surface area contributed by atoms with Crippen LogP contribution in [0.4, 0.5) is 0 Å². The molecule has 0 radical (unpaired) electrons. The Bertz CT molecular complexity index is 792. The molecule has 0 unspecified atom stereocenters. The summed E-state index contributed by atoms with van der Waals surface area (Å²) in [5, 5.41) is 0. The van der Waals surface area contributed by atoms with Crippen molar-refractivity contribution in [3.63, 3.8) is 0 Å². The lowest BCUT2D eigenvalue weighted by molar-refractivity contribution is -0.132. The molecule has 2 aromatic carbocycles.